The minimum absolute atomic E-state index is 0.270. The quantitative estimate of drug-likeness (QED) is 0.752. The van der Waals surface area contributed by atoms with E-state index in [4.69, 9.17) is 0 Å². The summed E-state index contributed by atoms with van der Waals surface area (Å²) in [6.45, 7) is 9.33. The van der Waals surface area contributed by atoms with E-state index < -0.39 is 0 Å². The molecular weight excluding hydrogens is 260 g/mol. The van der Waals surface area contributed by atoms with Gasteiger partial charge in [0.2, 0.25) is 5.91 Å². The minimum Gasteiger partial charge on any atom is -0.340 e. The molecule has 1 aromatic carbocycles. The molecule has 0 N–H and O–H groups in total. The third kappa shape index (κ3) is 5.16. The van der Waals surface area contributed by atoms with Gasteiger partial charge in [-0.3, -0.25) is 9.69 Å². The number of benzene rings is 1. The van der Waals surface area contributed by atoms with Gasteiger partial charge in [0.25, 0.3) is 0 Å². The Morgan fingerprint density at radius 3 is 2.33 bits per heavy atom. The monoisotopic (exact) mass is 288 g/mol. The van der Waals surface area contributed by atoms with Crippen molar-refractivity contribution < 1.29 is 4.79 Å². The molecule has 0 saturated carbocycles. The van der Waals surface area contributed by atoms with Gasteiger partial charge in [-0.2, -0.15) is 0 Å². The maximum absolute atomic E-state index is 12.3. The Balaban J connectivity index is 1.74. The summed E-state index contributed by atoms with van der Waals surface area (Å²) >= 11 is 0. The molecule has 0 bridgehead atoms. The average molecular weight is 288 g/mol. The summed E-state index contributed by atoms with van der Waals surface area (Å²) in [5.41, 5.74) is 2.36. The van der Waals surface area contributed by atoms with Crippen LogP contribution in [0, 0.1) is 6.92 Å². The van der Waals surface area contributed by atoms with E-state index in [0.717, 1.165) is 31.7 Å². The molecule has 116 valence electrons. The van der Waals surface area contributed by atoms with Crippen LogP contribution in [0.5, 0.6) is 0 Å². The van der Waals surface area contributed by atoms with E-state index in [-0.39, 0.29) is 5.91 Å². The molecule has 1 aliphatic heterocycles. The third-order valence-electron chi connectivity index (χ3n) is 4.28. The summed E-state index contributed by atoms with van der Waals surface area (Å²) in [5.74, 6) is 0.270. The number of amides is 1. The van der Waals surface area contributed by atoms with Gasteiger partial charge in [-0.05, 0) is 25.5 Å². The van der Waals surface area contributed by atoms with Crippen molar-refractivity contribution in [1.29, 1.82) is 0 Å². The highest BCUT2D eigenvalue weighted by atomic mass is 16.2. The second-order valence-corrected chi connectivity index (χ2v) is 6.09. The lowest BCUT2D eigenvalue weighted by molar-refractivity contribution is -0.132. The van der Waals surface area contributed by atoms with Gasteiger partial charge in [0, 0.05) is 26.2 Å². The van der Waals surface area contributed by atoms with Crippen molar-refractivity contribution in [1.82, 2.24) is 9.80 Å². The van der Waals surface area contributed by atoms with Crippen LogP contribution >= 0.6 is 0 Å². The number of unbranched alkanes of at least 4 members (excludes halogenated alkanes) is 2. The summed E-state index contributed by atoms with van der Waals surface area (Å²) in [7, 11) is 0. The Kier molecular flexibility index (Phi) is 6.24. The molecule has 1 saturated heterocycles. The zero-order valence-corrected chi connectivity index (χ0v) is 13.5. The van der Waals surface area contributed by atoms with E-state index >= 15 is 0 Å². The predicted molar refractivity (Wildman–Crippen MR) is 87.4 cm³/mol. The van der Waals surface area contributed by atoms with Crippen LogP contribution in [-0.4, -0.2) is 48.4 Å². The molecule has 3 nitrogen and oxygen atoms in total. The molecule has 1 amide bonds. The van der Waals surface area contributed by atoms with Gasteiger partial charge in [0.15, 0.2) is 0 Å². The highest BCUT2D eigenvalue weighted by Crippen LogP contribution is 2.09. The minimum atomic E-state index is 0.270. The predicted octanol–water partition coefficient (Wildman–Crippen LogP) is 2.87. The fourth-order valence-electron chi connectivity index (χ4n) is 2.80. The van der Waals surface area contributed by atoms with E-state index in [2.05, 4.69) is 43.0 Å². The van der Waals surface area contributed by atoms with Crippen LogP contribution in [-0.2, 0) is 11.2 Å². The molecule has 0 aromatic heterocycles. The number of carbonyl (C=O) groups is 1. The topological polar surface area (TPSA) is 23.6 Å². The molecule has 0 radical (unpaired) electrons. The number of hydrogen-bond acceptors (Lipinski definition) is 2. The maximum Gasteiger partial charge on any atom is 0.227 e. The second-order valence-electron chi connectivity index (χ2n) is 6.09. The van der Waals surface area contributed by atoms with E-state index in [9.17, 15) is 4.79 Å². The Hall–Kier alpha value is -1.35. The summed E-state index contributed by atoms with van der Waals surface area (Å²) in [6.07, 6.45) is 4.41. The molecule has 0 atom stereocenters. The van der Waals surface area contributed by atoms with E-state index in [1.54, 1.807) is 0 Å². The SMILES string of the molecule is CCCCCN1CCN(C(=O)Cc2ccc(C)cc2)CC1. The van der Waals surface area contributed by atoms with E-state index in [0.29, 0.717) is 6.42 Å². The van der Waals surface area contributed by atoms with Crippen molar-refractivity contribution in [3.63, 3.8) is 0 Å². The molecule has 3 heteroatoms. The number of rotatable bonds is 6. The number of hydrogen-bond donors (Lipinski definition) is 0. The van der Waals surface area contributed by atoms with Crippen molar-refractivity contribution in [3.05, 3.63) is 35.4 Å². The highest BCUT2D eigenvalue weighted by Gasteiger charge is 2.20. The fourth-order valence-corrected chi connectivity index (χ4v) is 2.80. The lowest BCUT2D eigenvalue weighted by atomic mass is 10.1. The molecule has 2 rings (SSSR count). The zero-order valence-electron chi connectivity index (χ0n) is 13.5. The van der Waals surface area contributed by atoms with E-state index in [1.807, 2.05) is 4.90 Å². The molecule has 21 heavy (non-hydrogen) atoms. The Labute approximate surface area is 128 Å². The van der Waals surface area contributed by atoms with Gasteiger partial charge in [-0.15, -0.1) is 0 Å². The molecule has 1 aliphatic rings. The first-order valence-electron chi connectivity index (χ1n) is 8.24. The van der Waals surface area contributed by atoms with Gasteiger partial charge in [-0.1, -0.05) is 49.6 Å². The summed E-state index contributed by atoms with van der Waals surface area (Å²) in [5, 5.41) is 0. The van der Waals surface area contributed by atoms with Gasteiger partial charge in [-0.25, -0.2) is 0 Å². The third-order valence-corrected chi connectivity index (χ3v) is 4.28. The molecule has 1 aromatic rings. The van der Waals surface area contributed by atoms with Crippen LogP contribution in [0.3, 0.4) is 0 Å². The molecule has 0 spiro atoms. The largest absolute Gasteiger partial charge is 0.340 e. The van der Waals surface area contributed by atoms with Gasteiger partial charge < -0.3 is 4.90 Å². The normalized spacial score (nSPS) is 16.2. The van der Waals surface area contributed by atoms with Crippen LogP contribution in [0.4, 0.5) is 0 Å². The van der Waals surface area contributed by atoms with Gasteiger partial charge >= 0.3 is 0 Å². The smallest absolute Gasteiger partial charge is 0.227 e. The van der Waals surface area contributed by atoms with Crippen molar-refractivity contribution in [2.24, 2.45) is 0 Å². The summed E-state index contributed by atoms with van der Waals surface area (Å²) < 4.78 is 0. The van der Waals surface area contributed by atoms with Crippen LogP contribution in [0.15, 0.2) is 24.3 Å². The average Bonchev–Trinajstić information content (AvgIpc) is 2.50. The van der Waals surface area contributed by atoms with Gasteiger partial charge in [0.05, 0.1) is 6.42 Å². The lowest BCUT2D eigenvalue weighted by Gasteiger charge is -2.34. The van der Waals surface area contributed by atoms with Crippen molar-refractivity contribution in [3.8, 4) is 0 Å². The Bertz CT molecular complexity index is 433. The van der Waals surface area contributed by atoms with Gasteiger partial charge in [0.1, 0.15) is 0 Å². The molecule has 1 heterocycles. The Morgan fingerprint density at radius 2 is 1.71 bits per heavy atom. The molecule has 0 unspecified atom stereocenters. The van der Waals surface area contributed by atoms with Crippen LogP contribution in [0.25, 0.3) is 0 Å². The first-order chi connectivity index (χ1) is 10.2. The fraction of sp³-hybridized carbons (Fsp3) is 0.611. The molecular formula is C18H28N2O. The van der Waals surface area contributed by atoms with Crippen molar-refractivity contribution in [2.45, 2.75) is 39.5 Å². The van der Waals surface area contributed by atoms with Crippen LogP contribution in [0.1, 0.15) is 37.3 Å². The zero-order chi connectivity index (χ0) is 15.1. The number of piperazine rings is 1. The summed E-state index contributed by atoms with van der Waals surface area (Å²) in [6, 6.07) is 8.28. The van der Waals surface area contributed by atoms with Crippen LogP contribution in [0.2, 0.25) is 0 Å². The molecule has 1 fully saturated rings. The standard InChI is InChI=1S/C18H28N2O/c1-3-4-5-10-19-11-13-20(14-12-19)18(21)15-17-8-6-16(2)7-9-17/h6-9H,3-5,10-15H2,1-2H3. The number of aryl methyl sites for hydroxylation is 1. The number of nitrogens with zero attached hydrogens (tertiary/aromatic N) is 2. The second kappa shape index (κ2) is 8.18. The Morgan fingerprint density at radius 1 is 1.05 bits per heavy atom. The maximum atomic E-state index is 12.3. The molecule has 0 aliphatic carbocycles. The number of carbonyl (C=O) groups excluding carboxylic acids is 1. The first-order valence-corrected chi connectivity index (χ1v) is 8.24. The van der Waals surface area contributed by atoms with Crippen molar-refractivity contribution >= 4 is 5.91 Å². The first kappa shape index (κ1) is 16.0. The summed E-state index contributed by atoms with van der Waals surface area (Å²) in [4.78, 5) is 16.8. The highest BCUT2D eigenvalue weighted by molar-refractivity contribution is 5.78. The van der Waals surface area contributed by atoms with Crippen molar-refractivity contribution in [2.75, 3.05) is 32.7 Å². The lowest BCUT2D eigenvalue weighted by Crippen LogP contribution is -2.49. The van der Waals surface area contributed by atoms with Crippen LogP contribution < -0.4 is 0 Å². The van der Waals surface area contributed by atoms with E-state index in [1.165, 1.54) is 31.4 Å².